The number of anilines is 1. The Morgan fingerprint density at radius 1 is 1.29 bits per heavy atom. The van der Waals surface area contributed by atoms with Crippen molar-refractivity contribution in [3.63, 3.8) is 0 Å². The first-order valence-electron chi connectivity index (χ1n) is 5.65. The number of nitrogens with one attached hydrogen (secondary N) is 2. The summed E-state index contributed by atoms with van der Waals surface area (Å²) in [7, 11) is 0. The molecular weight excluding hydrogens is 214 g/mol. The van der Waals surface area contributed by atoms with Crippen molar-refractivity contribution in [2.75, 3.05) is 5.32 Å². The first kappa shape index (κ1) is 11.4. The molecule has 2 rings (SSSR count). The molecule has 0 aliphatic heterocycles. The van der Waals surface area contributed by atoms with Gasteiger partial charge in [-0.15, -0.1) is 0 Å². The zero-order valence-electron chi connectivity index (χ0n) is 9.73. The zero-order valence-corrected chi connectivity index (χ0v) is 9.73. The Bertz CT molecular complexity index is 548. The second-order valence-electron chi connectivity index (χ2n) is 3.77. The monoisotopic (exact) mass is 229 g/mol. The summed E-state index contributed by atoms with van der Waals surface area (Å²) in [5, 5.41) is 3.15. The molecule has 0 saturated carbocycles. The van der Waals surface area contributed by atoms with Gasteiger partial charge in [0.05, 0.1) is 6.33 Å². The number of benzene rings is 1. The van der Waals surface area contributed by atoms with Crippen LogP contribution < -0.4 is 10.9 Å². The highest BCUT2D eigenvalue weighted by atomic mass is 16.1. The topological polar surface area (TPSA) is 57.8 Å². The SMILES string of the molecule is CCc1ccccc1CNc1cc(=O)[nH]cn1. The number of aryl methyl sites for hydroxylation is 1. The van der Waals surface area contributed by atoms with Crippen molar-refractivity contribution >= 4 is 5.82 Å². The molecule has 1 aromatic carbocycles. The maximum Gasteiger partial charge on any atom is 0.252 e. The van der Waals surface area contributed by atoms with Gasteiger partial charge < -0.3 is 10.3 Å². The molecule has 0 bridgehead atoms. The van der Waals surface area contributed by atoms with Crippen LogP contribution in [0.1, 0.15) is 18.1 Å². The Kier molecular flexibility index (Phi) is 3.55. The van der Waals surface area contributed by atoms with Gasteiger partial charge >= 0.3 is 0 Å². The molecule has 1 heterocycles. The Balaban J connectivity index is 2.09. The molecule has 2 N–H and O–H groups in total. The van der Waals surface area contributed by atoms with E-state index in [4.69, 9.17) is 0 Å². The predicted octanol–water partition coefficient (Wildman–Crippen LogP) is 1.94. The van der Waals surface area contributed by atoms with Crippen LogP contribution in [-0.4, -0.2) is 9.97 Å². The van der Waals surface area contributed by atoms with Crippen molar-refractivity contribution in [1.82, 2.24) is 9.97 Å². The molecule has 0 radical (unpaired) electrons. The fourth-order valence-electron chi connectivity index (χ4n) is 1.73. The lowest BCUT2D eigenvalue weighted by Crippen LogP contribution is -2.09. The van der Waals surface area contributed by atoms with E-state index in [0.717, 1.165) is 6.42 Å². The number of aromatic nitrogens is 2. The van der Waals surface area contributed by atoms with E-state index in [1.165, 1.54) is 23.5 Å². The number of nitrogens with zero attached hydrogens (tertiary/aromatic N) is 1. The maximum absolute atomic E-state index is 11.1. The van der Waals surface area contributed by atoms with Gasteiger partial charge in [0.15, 0.2) is 0 Å². The molecular formula is C13H15N3O. The van der Waals surface area contributed by atoms with E-state index in [9.17, 15) is 4.79 Å². The van der Waals surface area contributed by atoms with Gasteiger partial charge in [0.2, 0.25) is 0 Å². The molecule has 17 heavy (non-hydrogen) atoms. The minimum absolute atomic E-state index is 0.147. The summed E-state index contributed by atoms with van der Waals surface area (Å²) in [6.45, 7) is 2.81. The third kappa shape index (κ3) is 2.93. The van der Waals surface area contributed by atoms with Crippen LogP contribution in [0, 0.1) is 0 Å². The summed E-state index contributed by atoms with van der Waals surface area (Å²) in [5.74, 6) is 0.597. The van der Waals surface area contributed by atoms with E-state index in [2.05, 4.69) is 34.3 Å². The zero-order chi connectivity index (χ0) is 12.1. The molecule has 88 valence electrons. The molecule has 2 aromatic rings. The van der Waals surface area contributed by atoms with E-state index in [1.54, 1.807) is 0 Å². The average Bonchev–Trinajstić information content (AvgIpc) is 2.37. The summed E-state index contributed by atoms with van der Waals surface area (Å²) in [5.41, 5.74) is 2.40. The number of rotatable bonds is 4. The molecule has 4 heteroatoms. The third-order valence-electron chi connectivity index (χ3n) is 2.64. The van der Waals surface area contributed by atoms with Crippen LogP contribution in [0.25, 0.3) is 0 Å². The quantitative estimate of drug-likeness (QED) is 0.842. The van der Waals surface area contributed by atoms with Crippen LogP contribution in [0.15, 0.2) is 41.5 Å². The Labute approximate surface area is 99.7 Å². The van der Waals surface area contributed by atoms with Crippen molar-refractivity contribution in [3.05, 3.63) is 58.1 Å². The van der Waals surface area contributed by atoms with Crippen molar-refractivity contribution < 1.29 is 0 Å². The van der Waals surface area contributed by atoms with E-state index in [-0.39, 0.29) is 5.56 Å². The number of aromatic amines is 1. The molecule has 0 aliphatic rings. The summed E-state index contributed by atoms with van der Waals surface area (Å²) >= 11 is 0. The second kappa shape index (κ2) is 5.30. The number of hydrogen-bond donors (Lipinski definition) is 2. The normalized spacial score (nSPS) is 10.2. The van der Waals surface area contributed by atoms with Gasteiger partial charge in [-0.25, -0.2) is 4.98 Å². The largest absolute Gasteiger partial charge is 0.366 e. The lowest BCUT2D eigenvalue weighted by Gasteiger charge is -2.09. The van der Waals surface area contributed by atoms with E-state index < -0.39 is 0 Å². The molecule has 1 aromatic heterocycles. The Morgan fingerprint density at radius 2 is 2.06 bits per heavy atom. The minimum atomic E-state index is -0.147. The summed E-state index contributed by atoms with van der Waals surface area (Å²) < 4.78 is 0. The Morgan fingerprint density at radius 3 is 2.76 bits per heavy atom. The van der Waals surface area contributed by atoms with Gasteiger partial charge in [-0.2, -0.15) is 0 Å². The molecule has 0 aliphatic carbocycles. The first-order valence-corrected chi connectivity index (χ1v) is 5.65. The molecule has 0 spiro atoms. The second-order valence-corrected chi connectivity index (χ2v) is 3.77. The lowest BCUT2D eigenvalue weighted by molar-refractivity contribution is 1.02. The minimum Gasteiger partial charge on any atom is -0.366 e. The standard InChI is InChI=1S/C13H15N3O/c1-2-10-5-3-4-6-11(10)8-14-12-7-13(17)16-9-15-12/h3-7,9H,2,8H2,1H3,(H2,14,15,16,17). The predicted molar refractivity (Wildman–Crippen MR) is 68.0 cm³/mol. The summed E-state index contributed by atoms with van der Waals surface area (Å²) in [6.07, 6.45) is 2.40. The van der Waals surface area contributed by atoms with Gasteiger partial charge in [-0.1, -0.05) is 31.2 Å². The highest BCUT2D eigenvalue weighted by Crippen LogP contribution is 2.10. The molecule has 0 amide bonds. The Hall–Kier alpha value is -2.10. The van der Waals surface area contributed by atoms with Crippen LogP contribution in [0.2, 0.25) is 0 Å². The third-order valence-corrected chi connectivity index (χ3v) is 2.64. The van der Waals surface area contributed by atoms with Crippen molar-refractivity contribution in [2.24, 2.45) is 0 Å². The van der Waals surface area contributed by atoms with Gasteiger partial charge in [0.1, 0.15) is 5.82 Å². The van der Waals surface area contributed by atoms with Crippen molar-refractivity contribution in [2.45, 2.75) is 19.9 Å². The van der Waals surface area contributed by atoms with Gasteiger partial charge in [-0.3, -0.25) is 4.79 Å². The van der Waals surface area contributed by atoms with Crippen LogP contribution >= 0.6 is 0 Å². The molecule has 0 atom stereocenters. The van der Waals surface area contributed by atoms with E-state index in [1.807, 2.05) is 12.1 Å². The van der Waals surface area contributed by atoms with Crippen molar-refractivity contribution in [3.8, 4) is 0 Å². The summed E-state index contributed by atoms with van der Waals surface area (Å²) in [4.78, 5) is 17.6. The van der Waals surface area contributed by atoms with E-state index >= 15 is 0 Å². The molecule has 0 saturated heterocycles. The number of H-pyrrole nitrogens is 1. The molecule has 0 fully saturated rings. The van der Waals surface area contributed by atoms with Crippen LogP contribution in [0.3, 0.4) is 0 Å². The van der Waals surface area contributed by atoms with Gasteiger partial charge in [-0.05, 0) is 17.5 Å². The fraction of sp³-hybridized carbons (Fsp3) is 0.231. The van der Waals surface area contributed by atoms with Crippen LogP contribution in [-0.2, 0) is 13.0 Å². The lowest BCUT2D eigenvalue weighted by atomic mass is 10.1. The van der Waals surface area contributed by atoms with Crippen molar-refractivity contribution in [1.29, 1.82) is 0 Å². The highest BCUT2D eigenvalue weighted by molar-refractivity contribution is 5.36. The molecule has 4 nitrogen and oxygen atoms in total. The highest BCUT2D eigenvalue weighted by Gasteiger charge is 2.00. The first-order chi connectivity index (χ1) is 8.29. The van der Waals surface area contributed by atoms with E-state index in [0.29, 0.717) is 12.4 Å². The van der Waals surface area contributed by atoms with Crippen LogP contribution in [0.5, 0.6) is 0 Å². The van der Waals surface area contributed by atoms with Gasteiger partial charge in [0.25, 0.3) is 5.56 Å². The summed E-state index contributed by atoms with van der Waals surface area (Å²) in [6, 6.07) is 9.70. The number of hydrogen-bond acceptors (Lipinski definition) is 3. The van der Waals surface area contributed by atoms with Gasteiger partial charge in [0, 0.05) is 12.6 Å². The average molecular weight is 229 g/mol. The molecule has 0 unspecified atom stereocenters. The smallest absolute Gasteiger partial charge is 0.252 e. The fourth-order valence-corrected chi connectivity index (χ4v) is 1.73. The van der Waals surface area contributed by atoms with Crippen LogP contribution in [0.4, 0.5) is 5.82 Å². The maximum atomic E-state index is 11.1.